The summed E-state index contributed by atoms with van der Waals surface area (Å²) < 4.78 is 0. The van der Waals surface area contributed by atoms with Gasteiger partial charge in [0.1, 0.15) is 5.78 Å². The molecule has 28 heavy (non-hydrogen) atoms. The summed E-state index contributed by atoms with van der Waals surface area (Å²) in [6.45, 7) is 3.06. The van der Waals surface area contributed by atoms with Crippen molar-refractivity contribution in [1.82, 2.24) is 19.9 Å². The number of hydrogen-bond acceptors (Lipinski definition) is 3. The van der Waals surface area contributed by atoms with Gasteiger partial charge in [-0.25, -0.2) is 9.97 Å². The predicted octanol–water partition coefficient (Wildman–Crippen LogP) is 5.25. The summed E-state index contributed by atoms with van der Waals surface area (Å²) >= 11 is 0. The lowest BCUT2D eigenvalue weighted by molar-refractivity contribution is -0.114. The Morgan fingerprint density at radius 3 is 1.32 bits per heavy atom. The summed E-state index contributed by atoms with van der Waals surface area (Å²) in [7, 11) is 0. The molecule has 0 unspecified atom stereocenters. The van der Waals surface area contributed by atoms with Gasteiger partial charge in [0.2, 0.25) is 0 Å². The monoisotopic (exact) mass is 368 g/mol. The van der Waals surface area contributed by atoms with Crippen molar-refractivity contribution in [2.75, 3.05) is 0 Å². The van der Waals surface area contributed by atoms with Crippen molar-refractivity contribution >= 4 is 52.2 Å². The molecule has 5 nitrogen and oxygen atoms in total. The molecule has 2 N–H and O–H groups in total. The van der Waals surface area contributed by atoms with E-state index >= 15 is 0 Å². The van der Waals surface area contributed by atoms with Crippen LogP contribution < -0.4 is 0 Å². The third-order valence-corrected chi connectivity index (χ3v) is 4.04. The first-order valence-corrected chi connectivity index (χ1v) is 9.05. The highest BCUT2D eigenvalue weighted by atomic mass is 16.1. The Balaban J connectivity index is 0.000000442. The minimum atomic E-state index is 0.167. The molecule has 3 aromatic heterocycles. The summed E-state index contributed by atoms with van der Waals surface area (Å²) in [5.41, 5.74) is 7.86. The topological polar surface area (TPSA) is 74.4 Å². The van der Waals surface area contributed by atoms with Gasteiger partial charge in [0.25, 0.3) is 0 Å². The molecule has 5 heteroatoms. The van der Waals surface area contributed by atoms with Gasteiger partial charge in [-0.1, -0.05) is 0 Å². The second-order valence-electron chi connectivity index (χ2n) is 6.81. The van der Waals surface area contributed by atoms with Crippen LogP contribution in [0.1, 0.15) is 36.6 Å². The van der Waals surface area contributed by atoms with Crippen molar-refractivity contribution in [2.24, 2.45) is 0 Å². The molecule has 0 aromatic carbocycles. The van der Waals surface area contributed by atoms with Gasteiger partial charge in [-0.05, 0) is 86.7 Å². The van der Waals surface area contributed by atoms with Gasteiger partial charge in [-0.2, -0.15) is 0 Å². The molecule has 2 aliphatic rings. The molecule has 3 aromatic rings. The third-order valence-electron chi connectivity index (χ3n) is 4.04. The zero-order valence-electron chi connectivity index (χ0n) is 15.7. The van der Waals surface area contributed by atoms with E-state index in [9.17, 15) is 4.79 Å². The average Bonchev–Trinajstić information content (AvgIpc) is 3.39. The van der Waals surface area contributed by atoms with E-state index in [0.29, 0.717) is 0 Å². The molecule has 0 amide bonds. The van der Waals surface area contributed by atoms with Crippen molar-refractivity contribution in [2.45, 2.75) is 13.8 Å². The normalized spacial score (nSPS) is 11.8. The van der Waals surface area contributed by atoms with Crippen LogP contribution in [0.25, 0.3) is 46.4 Å². The van der Waals surface area contributed by atoms with Gasteiger partial charge in [0.05, 0.1) is 22.8 Å². The molecule has 0 fully saturated rings. The number of Topliss-reactive ketones (excluding diaryl/α,β-unsaturated/α-hetero) is 1. The molecular formula is C23H20N4O. The third kappa shape index (κ3) is 4.32. The maximum absolute atomic E-state index is 9.44. The zero-order chi connectivity index (χ0) is 19.5. The Kier molecular flexibility index (Phi) is 4.72. The Bertz CT molecular complexity index is 1170. The number of nitrogens with zero attached hydrogens (tertiary/aromatic N) is 2. The van der Waals surface area contributed by atoms with Crippen LogP contribution in [0.2, 0.25) is 0 Å². The first kappa shape index (κ1) is 17.7. The molecule has 5 heterocycles. The average molecular weight is 368 g/mol. The number of nitrogens with one attached hydrogen (secondary N) is 2. The summed E-state index contributed by atoms with van der Waals surface area (Å²) in [6, 6.07) is 16.4. The van der Waals surface area contributed by atoms with Gasteiger partial charge >= 0.3 is 0 Å². The summed E-state index contributed by atoms with van der Waals surface area (Å²) in [5.74, 6) is 0.167. The quantitative estimate of drug-likeness (QED) is 0.392. The van der Waals surface area contributed by atoms with Gasteiger partial charge < -0.3 is 14.8 Å². The molecule has 0 spiro atoms. The van der Waals surface area contributed by atoms with E-state index in [0.717, 1.165) is 44.8 Å². The summed E-state index contributed by atoms with van der Waals surface area (Å²) in [6.07, 6.45) is 8.05. The lowest BCUT2D eigenvalue weighted by atomic mass is 10.3. The molecular weight excluding hydrogens is 348 g/mol. The Labute approximate surface area is 162 Å². The van der Waals surface area contributed by atoms with E-state index in [1.165, 1.54) is 13.8 Å². The lowest BCUT2D eigenvalue weighted by Crippen LogP contribution is -1.77. The molecule has 0 saturated heterocycles. The maximum atomic E-state index is 9.44. The van der Waals surface area contributed by atoms with Crippen molar-refractivity contribution in [3.63, 3.8) is 0 Å². The standard InChI is InChI=1S/C20H14N4.C3H6O/c1-2-14-10-16-5-6-18(23-16)12-20-8-7-19(24-20)11-17-4-3-15(22-17)9-13(1)21-14;1-3(2)4/h1-12,21-22H;1-2H3. The summed E-state index contributed by atoms with van der Waals surface area (Å²) in [4.78, 5) is 25.5. The SMILES string of the molecule is C1=Cc2cc3ccc(cc4ccc(cc5nc(cc1n2)C=C5)[nH]4)[nH]3.CC(C)=O. The lowest BCUT2D eigenvalue weighted by Gasteiger charge is -1.86. The van der Waals surface area contributed by atoms with E-state index in [2.05, 4.69) is 50.3 Å². The van der Waals surface area contributed by atoms with Gasteiger partial charge in [-0.15, -0.1) is 0 Å². The molecule has 8 bridgehead atoms. The Morgan fingerprint density at radius 1 is 0.607 bits per heavy atom. The smallest absolute Gasteiger partial charge is 0.126 e. The predicted molar refractivity (Wildman–Crippen MR) is 115 cm³/mol. The van der Waals surface area contributed by atoms with Gasteiger partial charge in [-0.3, -0.25) is 0 Å². The number of aromatic nitrogens is 4. The van der Waals surface area contributed by atoms with E-state index in [-0.39, 0.29) is 5.78 Å². The highest BCUT2D eigenvalue weighted by molar-refractivity contribution is 5.77. The van der Waals surface area contributed by atoms with E-state index < -0.39 is 0 Å². The Hall–Kier alpha value is -3.73. The molecule has 0 radical (unpaired) electrons. The van der Waals surface area contributed by atoms with Crippen LogP contribution >= 0.6 is 0 Å². The van der Waals surface area contributed by atoms with Crippen molar-refractivity contribution < 1.29 is 4.79 Å². The highest BCUT2D eigenvalue weighted by Gasteiger charge is 2.02. The minimum absolute atomic E-state index is 0.167. The minimum Gasteiger partial charge on any atom is -0.355 e. The number of H-pyrrole nitrogens is 2. The molecule has 5 rings (SSSR count). The van der Waals surface area contributed by atoms with Crippen molar-refractivity contribution in [1.29, 1.82) is 0 Å². The molecule has 0 aliphatic carbocycles. The van der Waals surface area contributed by atoms with Crippen LogP contribution in [-0.4, -0.2) is 25.7 Å². The zero-order valence-corrected chi connectivity index (χ0v) is 15.7. The van der Waals surface area contributed by atoms with Crippen LogP contribution in [-0.2, 0) is 4.79 Å². The number of aromatic amines is 2. The number of ketones is 1. The molecule has 2 aliphatic heterocycles. The first-order valence-electron chi connectivity index (χ1n) is 9.05. The number of carbonyl (C=O) groups excluding carboxylic acids is 1. The van der Waals surface area contributed by atoms with E-state index in [1.54, 1.807) is 0 Å². The van der Waals surface area contributed by atoms with E-state index in [1.807, 2.05) is 42.5 Å². The van der Waals surface area contributed by atoms with Gasteiger partial charge in [0, 0.05) is 22.1 Å². The van der Waals surface area contributed by atoms with Crippen molar-refractivity contribution in [3.05, 3.63) is 71.3 Å². The fourth-order valence-corrected chi connectivity index (χ4v) is 2.94. The largest absolute Gasteiger partial charge is 0.355 e. The van der Waals surface area contributed by atoms with Crippen LogP contribution in [0.15, 0.2) is 48.5 Å². The fourth-order valence-electron chi connectivity index (χ4n) is 2.94. The Morgan fingerprint density at radius 2 is 0.929 bits per heavy atom. The maximum Gasteiger partial charge on any atom is 0.126 e. The summed E-state index contributed by atoms with van der Waals surface area (Å²) in [5, 5.41) is 0. The van der Waals surface area contributed by atoms with Crippen LogP contribution in [0.5, 0.6) is 0 Å². The second-order valence-corrected chi connectivity index (χ2v) is 6.81. The number of fused-ring (bicyclic) bond motifs is 8. The second kappa shape index (κ2) is 7.48. The molecule has 138 valence electrons. The fraction of sp³-hybridized carbons (Fsp3) is 0.0870. The molecule has 0 atom stereocenters. The number of hydrogen-bond donors (Lipinski definition) is 2. The van der Waals surface area contributed by atoms with Crippen LogP contribution in [0.4, 0.5) is 0 Å². The van der Waals surface area contributed by atoms with Gasteiger partial charge in [0.15, 0.2) is 0 Å². The van der Waals surface area contributed by atoms with Crippen LogP contribution in [0.3, 0.4) is 0 Å². The number of carbonyl (C=O) groups is 1. The number of rotatable bonds is 0. The highest BCUT2D eigenvalue weighted by Crippen LogP contribution is 2.17. The van der Waals surface area contributed by atoms with E-state index in [4.69, 9.17) is 0 Å². The first-order chi connectivity index (χ1) is 13.5. The van der Waals surface area contributed by atoms with Crippen molar-refractivity contribution in [3.8, 4) is 0 Å². The molecule has 0 saturated carbocycles. The van der Waals surface area contributed by atoms with Crippen LogP contribution in [0, 0.1) is 0 Å².